The van der Waals surface area contributed by atoms with Gasteiger partial charge in [0.15, 0.2) is 0 Å². The predicted molar refractivity (Wildman–Crippen MR) is 81.7 cm³/mol. The zero-order valence-electron chi connectivity index (χ0n) is 8.51. The monoisotopic (exact) mass is 422 g/mol. The minimum absolute atomic E-state index is 0.258. The summed E-state index contributed by atoms with van der Waals surface area (Å²) in [5, 5.41) is 0. The highest BCUT2D eigenvalue weighted by atomic mass is 79.9. The summed E-state index contributed by atoms with van der Waals surface area (Å²) >= 11 is 12.6. The summed E-state index contributed by atoms with van der Waals surface area (Å²) in [6.07, 6.45) is 0. The summed E-state index contributed by atoms with van der Waals surface area (Å²) < 4.78 is 2.29. The zero-order chi connectivity index (χ0) is 11.7. The van der Waals surface area contributed by atoms with Crippen LogP contribution in [0, 0.1) is 6.92 Å². The van der Waals surface area contributed by atoms with E-state index in [-0.39, 0.29) is 4.83 Å². The lowest BCUT2D eigenvalue weighted by atomic mass is 10.1. The number of thiophene rings is 1. The predicted octanol–water partition coefficient (Wildman–Crippen LogP) is 6.07. The number of alkyl halides is 1. The molecule has 0 spiro atoms. The summed E-state index contributed by atoms with van der Waals surface area (Å²) in [6.45, 7) is 2.13. The maximum Gasteiger partial charge on any atom is 0.0749 e. The minimum atomic E-state index is 0.258. The molecule has 1 atom stereocenters. The fourth-order valence-electron chi connectivity index (χ4n) is 1.46. The van der Waals surface area contributed by atoms with E-state index in [1.807, 2.05) is 11.3 Å². The van der Waals surface area contributed by atoms with Crippen LogP contribution < -0.4 is 0 Å². The molecule has 0 amide bonds. The van der Waals surface area contributed by atoms with Crippen molar-refractivity contribution < 1.29 is 0 Å². The first-order chi connectivity index (χ1) is 7.58. The zero-order valence-corrected chi connectivity index (χ0v) is 14.1. The third-order valence-electron chi connectivity index (χ3n) is 2.23. The third-order valence-corrected chi connectivity index (χ3v) is 6.08. The molecule has 0 aliphatic rings. The Morgan fingerprint density at radius 3 is 2.25 bits per heavy atom. The Bertz CT molecular complexity index is 487. The van der Waals surface area contributed by atoms with E-state index in [0.717, 1.165) is 4.47 Å². The van der Waals surface area contributed by atoms with Gasteiger partial charge in [0.2, 0.25) is 0 Å². The Balaban J connectivity index is 2.35. The van der Waals surface area contributed by atoms with Gasteiger partial charge in [0.25, 0.3) is 0 Å². The quantitative estimate of drug-likeness (QED) is 0.513. The molecule has 2 rings (SSSR count). The van der Waals surface area contributed by atoms with Crippen molar-refractivity contribution in [2.24, 2.45) is 0 Å². The van der Waals surface area contributed by atoms with Gasteiger partial charge in [0, 0.05) is 18.7 Å². The molecule has 2 aromatic rings. The van der Waals surface area contributed by atoms with Gasteiger partial charge in [-0.3, -0.25) is 0 Å². The fourth-order valence-corrected chi connectivity index (χ4v) is 4.75. The first-order valence-electron chi connectivity index (χ1n) is 4.73. The van der Waals surface area contributed by atoms with Gasteiger partial charge in [-0.15, -0.1) is 11.3 Å². The summed E-state index contributed by atoms with van der Waals surface area (Å²) in [7, 11) is 0. The maximum absolute atomic E-state index is 3.75. The van der Waals surface area contributed by atoms with Crippen LogP contribution in [0.3, 0.4) is 0 Å². The molecule has 0 aliphatic heterocycles. The minimum Gasteiger partial charge on any atom is -0.143 e. The number of halogens is 3. The first kappa shape index (κ1) is 12.8. The fraction of sp³-hybridized carbons (Fsp3) is 0.167. The van der Waals surface area contributed by atoms with E-state index < -0.39 is 0 Å². The van der Waals surface area contributed by atoms with E-state index in [2.05, 4.69) is 85.0 Å². The van der Waals surface area contributed by atoms with Crippen molar-refractivity contribution in [2.45, 2.75) is 11.8 Å². The summed E-state index contributed by atoms with van der Waals surface area (Å²) in [5.41, 5.74) is 1.27. The molecule has 1 heterocycles. The molecule has 0 fully saturated rings. The molecule has 0 radical (unpaired) electrons. The van der Waals surface area contributed by atoms with Crippen LogP contribution in [-0.4, -0.2) is 0 Å². The summed E-state index contributed by atoms with van der Waals surface area (Å²) in [5.74, 6) is 0. The summed E-state index contributed by atoms with van der Waals surface area (Å²) in [6, 6.07) is 10.6. The number of hydrogen-bond acceptors (Lipinski definition) is 1. The van der Waals surface area contributed by atoms with Gasteiger partial charge in [-0.25, -0.2) is 0 Å². The molecule has 0 nitrogen and oxygen atoms in total. The average molecular weight is 425 g/mol. The molecular formula is C12H9Br3S. The van der Waals surface area contributed by atoms with E-state index >= 15 is 0 Å². The van der Waals surface area contributed by atoms with Crippen molar-refractivity contribution in [3.05, 3.63) is 54.6 Å². The van der Waals surface area contributed by atoms with Gasteiger partial charge >= 0.3 is 0 Å². The Kier molecular flexibility index (Phi) is 4.27. The average Bonchev–Trinajstić information content (AvgIpc) is 2.58. The Morgan fingerprint density at radius 2 is 1.75 bits per heavy atom. The van der Waals surface area contributed by atoms with Crippen molar-refractivity contribution in [1.82, 2.24) is 0 Å². The largest absolute Gasteiger partial charge is 0.143 e. The van der Waals surface area contributed by atoms with Crippen molar-refractivity contribution in [3.63, 3.8) is 0 Å². The van der Waals surface area contributed by atoms with E-state index in [0.29, 0.717) is 0 Å². The second-order valence-electron chi connectivity index (χ2n) is 3.48. The second-order valence-corrected chi connectivity index (χ2v) is 7.46. The van der Waals surface area contributed by atoms with Crippen molar-refractivity contribution >= 4 is 59.1 Å². The van der Waals surface area contributed by atoms with Crippen LogP contribution in [-0.2, 0) is 0 Å². The number of hydrogen-bond donors (Lipinski definition) is 0. The molecule has 84 valence electrons. The standard InChI is InChI=1S/C12H9Br3S/c1-7-6-10(14)12(16-7)11(15)8-2-4-9(13)5-3-8/h2-6,11H,1H3. The molecule has 16 heavy (non-hydrogen) atoms. The SMILES string of the molecule is Cc1cc(Br)c(C(Br)c2ccc(Br)cc2)s1. The highest BCUT2D eigenvalue weighted by Gasteiger charge is 2.15. The van der Waals surface area contributed by atoms with E-state index in [1.54, 1.807) is 0 Å². The smallest absolute Gasteiger partial charge is 0.0749 e. The molecule has 0 aliphatic carbocycles. The van der Waals surface area contributed by atoms with Crippen LogP contribution in [0.4, 0.5) is 0 Å². The molecular weight excluding hydrogens is 416 g/mol. The van der Waals surface area contributed by atoms with Crippen molar-refractivity contribution in [3.8, 4) is 0 Å². The molecule has 0 saturated heterocycles. The lowest BCUT2D eigenvalue weighted by Gasteiger charge is -2.09. The normalized spacial score (nSPS) is 12.8. The van der Waals surface area contributed by atoms with Crippen LogP contribution in [0.2, 0.25) is 0 Å². The lowest BCUT2D eigenvalue weighted by Crippen LogP contribution is -1.89. The molecule has 4 heteroatoms. The molecule has 0 N–H and O–H groups in total. The molecule has 1 aromatic carbocycles. The van der Waals surface area contributed by atoms with E-state index in [4.69, 9.17) is 0 Å². The highest BCUT2D eigenvalue weighted by Crippen LogP contribution is 2.40. The lowest BCUT2D eigenvalue weighted by molar-refractivity contribution is 1.21. The van der Waals surface area contributed by atoms with Gasteiger partial charge in [0.05, 0.1) is 4.83 Å². The molecule has 1 unspecified atom stereocenters. The van der Waals surface area contributed by atoms with Gasteiger partial charge in [-0.1, -0.05) is 44.0 Å². The van der Waals surface area contributed by atoms with Gasteiger partial charge in [-0.05, 0) is 46.6 Å². The van der Waals surface area contributed by atoms with Crippen LogP contribution >= 0.6 is 59.1 Å². The van der Waals surface area contributed by atoms with Crippen LogP contribution in [0.5, 0.6) is 0 Å². The molecule has 1 aromatic heterocycles. The number of benzene rings is 1. The van der Waals surface area contributed by atoms with Crippen molar-refractivity contribution in [2.75, 3.05) is 0 Å². The van der Waals surface area contributed by atoms with Gasteiger partial charge in [-0.2, -0.15) is 0 Å². The van der Waals surface area contributed by atoms with E-state index in [1.165, 1.54) is 19.8 Å². The van der Waals surface area contributed by atoms with Crippen molar-refractivity contribution in [1.29, 1.82) is 0 Å². The molecule has 0 bridgehead atoms. The third kappa shape index (κ3) is 2.78. The van der Waals surface area contributed by atoms with Gasteiger partial charge in [0.1, 0.15) is 0 Å². The van der Waals surface area contributed by atoms with Crippen LogP contribution in [0.15, 0.2) is 39.3 Å². The first-order valence-corrected chi connectivity index (χ1v) is 8.05. The Hall–Kier alpha value is 0.360. The van der Waals surface area contributed by atoms with Gasteiger partial charge < -0.3 is 0 Å². The maximum atomic E-state index is 3.75. The van der Waals surface area contributed by atoms with Crippen LogP contribution in [0.1, 0.15) is 20.1 Å². The topological polar surface area (TPSA) is 0 Å². The highest BCUT2D eigenvalue weighted by molar-refractivity contribution is 9.11. The van der Waals surface area contributed by atoms with Crippen LogP contribution in [0.25, 0.3) is 0 Å². The van der Waals surface area contributed by atoms with E-state index in [9.17, 15) is 0 Å². The Morgan fingerprint density at radius 1 is 1.12 bits per heavy atom. The summed E-state index contributed by atoms with van der Waals surface area (Å²) in [4.78, 5) is 2.90. The number of rotatable bonds is 2. The second kappa shape index (κ2) is 5.34. The molecule has 0 saturated carbocycles. The number of aryl methyl sites for hydroxylation is 1. The Labute approximate surface area is 124 Å².